The SMILES string of the molecule is CC(C)CC1(CO)CN(CC2C3CC4CC(C3)CC2C4)C(=O)N1. The van der Waals surface area contributed by atoms with Crippen LogP contribution in [-0.2, 0) is 0 Å². The van der Waals surface area contributed by atoms with Gasteiger partial charge in [-0.05, 0) is 74.0 Å². The summed E-state index contributed by atoms with van der Waals surface area (Å²) in [6.45, 7) is 5.97. The van der Waals surface area contributed by atoms with E-state index in [1.165, 1.54) is 32.1 Å². The Morgan fingerprint density at radius 1 is 1.17 bits per heavy atom. The molecule has 4 nitrogen and oxygen atoms in total. The molecular formula is C19H32N2O2. The van der Waals surface area contributed by atoms with Crippen molar-refractivity contribution in [2.75, 3.05) is 19.7 Å². The Hall–Kier alpha value is -0.770. The predicted molar refractivity (Wildman–Crippen MR) is 89.9 cm³/mol. The molecule has 1 unspecified atom stereocenters. The van der Waals surface area contributed by atoms with Gasteiger partial charge in [0.25, 0.3) is 0 Å². The van der Waals surface area contributed by atoms with E-state index in [0.717, 1.165) is 36.6 Å². The molecule has 0 radical (unpaired) electrons. The third-order valence-electron chi connectivity index (χ3n) is 7.11. The average molecular weight is 320 g/mol. The van der Waals surface area contributed by atoms with Crippen molar-refractivity contribution < 1.29 is 9.90 Å². The largest absolute Gasteiger partial charge is 0.394 e. The summed E-state index contributed by atoms with van der Waals surface area (Å²) in [7, 11) is 0. The van der Waals surface area contributed by atoms with E-state index in [1.807, 2.05) is 4.90 Å². The van der Waals surface area contributed by atoms with E-state index < -0.39 is 5.54 Å². The zero-order chi connectivity index (χ0) is 16.2. The van der Waals surface area contributed by atoms with Crippen LogP contribution in [0, 0.1) is 35.5 Å². The molecule has 4 aliphatic carbocycles. The van der Waals surface area contributed by atoms with Gasteiger partial charge < -0.3 is 15.3 Å². The van der Waals surface area contributed by atoms with Crippen LogP contribution >= 0.6 is 0 Å². The number of carbonyl (C=O) groups is 1. The maximum atomic E-state index is 12.5. The minimum absolute atomic E-state index is 0.0495. The summed E-state index contributed by atoms with van der Waals surface area (Å²) in [6.07, 6.45) is 7.96. The maximum Gasteiger partial charge on any atom is 0.318 e. The lowest BCUT2D eigenvalue weighted by Crippen LogP contribution is -2.50. The van der Waals surface area contributed by atoms with Gasteiger partial charge in [0.05, 0.1) is 12.1 Å². The fourth-order valence-electron chi connectivity index (χ4n) is 6.57. The Balaban J connectivity index is 1.44. The van der Waals surface area contributed by atoms with Crippen molar-refractivity contribution in [1.82, 2.24) is 10.2 Å². The zero-order valence-corrected chi connectivity index (χ0v) is 14.6. The number of nitrogens with zero attached hydrogens (tertiary/aromatic N) is 1. The lowest BCUT2D eigenvalue weighted by Gasteiger charge is -2.55. The molecule has 0 spiro atoms. The summed E-state index contributed by atoms with van der Waals surface area (Å²) in [5.74, 6) is 4.87. The van der Waals surface area contributed by atoms with Crippen LogP contribution in [0.15, 0.2) is 0 Å². The first kappa shape index (κ1) is 15.7. The monoisotopic (exact) mass is 320 g/mol. The molecule has 0 aromatic heterocycles. The first-order chi connectivity index (χ1) is 11.0. The van der Waals surface area contributed by atoms with Gasteiger partial charge in [0.15, 0.2) is 0 Å². The van der Waals surface area contributed by atoms with E-state index in [4.69, 9.17) is 0 Å². The summed E-state index contributed by atoms with van der Waals surface area (Å²) in [5, 5.41) is 13.0. The van der Waals surface area contributed by atoms with E-state index in [-0.39, 0.29) is 12.6 Å². The van der Waals surface area contributed by atoms with Crippen LogP contribution in [0.2, 0.25) is 0 Å². The summed E-state index contributed by atoms with van der Waals surface area (Å²) >= 11 is 0. The third kappa shape index (κ3) is 2.77. The van der Waals surface area contributed by atoms with Crippen molar-refractivity contribution >= 4 is 6.03 Å². The fraction of sp³-hybridized carbons (Fsp3) is 0.947. The number of nitrogens with one attached hydrogen (secondary N) is 1. The van der Waals surface area contributed by atoms with E-state index in [1.54, 1.807) is 0 Å². The van der Waals surface area contributed by atoms with Crippen LogP contribution in [0.5, 0.6) is 0 Å². The number of aliphatic hydroxyl groups is 1. The standard InChI is InChI=1S/C19H32N2O2/c1-12(2)8-19(11-22)10-21(18(23)20-19)9-17-15-4-13-3-14(6-15)7-16(17)5-13/h12-17,22H,3-11H2,1-2H3,(H,20,23). The van der Waals surface area contributed by atoms with Crippen LogP contribution in [0.4, 0.5) is 4.79 Å². The molecule has 0 aromatic rings. The smallest absolute Gasteiger partial charge is 0.318 e. The van der Waals surface area contributed by atoms with Gasteiger partial charge in [0, 0.05) is 13.1 Å². The summed E-state index contributed by atoms with van der Waals surface area (Å²) < 4.78 is 0. The molecule has 1 heterocycles. The second-order valence-corrected chi connectivity index (χ2v) is 9.44. The minimum Gasteiger partial charge on any atom is -0.394 e. The first-order valence-electron chi connectivity index (χ1n) is 9.66. The molecule has 5 fully saturated rings. The number of aliphatic hydroxyl groups excluding tert-OH is 1. The van der Waals surface area contributed by atoms with Gasteiger partial charge in [-0.1, -0.05) is 13.8 Å². The normalized spacial score (nSPS) is 45.1. The Morgan fingerprint density at radius 2 is 1.78 bits per heavy atom. The Labute approximate surface area is 140 Å². The van der Waals surface area contributed by atoms with Gasteiger partial charge in [0.2, 0.25) is 0 Å². The highest BCUT2D eigenvalue weighted by molar-refractivity contribution is 5.78. The zero-order valence-electron chi connectivity index (χ0n) is 14.6. The number of hydrogen-bond acceptors (Lipinski definition) is 2. The number of rotatable bonds is 5. The van der Waals surface area contributed by atoms with Gasteiger partial charge in [-0.2, -0.15) is 0 Å². The molecule has 2 N–H and O–H groups in total. The number of hydrogen-bond donors (Lipinski definition) is 2. The highest BCUT2D eigenvalue weighted by atomic mass is 16.3. The minimum atomic E-state index is -0.419. The summed E-state index contributed by atoms with van der Waals surface area (Å²) in [6, 6.07) is 0.0495. The molecule has 5 aliphatic rings. The van der Waals surface area contributed by atoms with Gasteiger partial charge in [-0.15, -0.1) is 0 Å². The lowest BCUT2D eigenvalue weighted by molar-refractivity contribution is -0.0444. The van der Waals surface area contributed by atoms with Gasteiger partial charge >= 0.3 is 6.03 Å². The number of urea groups is 1. The average Bonchev–Trinajstić information content (AvgIpc) is 2.78. The van der Waals surface area contributed by atoms with Crippen molar-refractivity contribution in [2.45, 2.75) is 57.9 Å². The maximum absolute atomic E-state index is 12.5. The Morgan fingerprint density at radius 3 is 2.30 bits per heavy atom. The third-order valence-corrected chi connectivity index (χ3v) is 7.11. The highest BCUT2D eigenvalue weighted by Gasteiger charge is 2.50. The number of amides is 2. The molecule has 130 valence electrons. The van der Waals surface area contributed by atoms with Crippen LogP contribution in [0.1, 0.15) is 52.4 Å². The molecule has 4 bridgehead atoms. The summed E-state index contributed by atoms with van der Waals surface area (Å²) in [5.41, 5.74) is -0.419. The lowest BCUT2D eigenvalue weighted by atomic mass is 9.52. The van der Waals surface area contributed by atoms with E-state index in [2.05, 4.69) is 19.2 Å². The Bertz CT molecular complexity index is 450. The number of carbonyl (C=O) groups excluding carboxylic acids is 1. The van der Waals surface area contributed by atoms with Crippen molar-refractivity contribution in [1.29, 1.82) is 0 Å². The quantitative estimate of drug-likeness (QED) is 0.818. The molecule has 1 saturated heterocycles. The van der Waals surface area contributed by atoms with Crippen molar-refractivity contribution in [3.8, 4) is 0 Å². The van der Waals surface area contributed by atoms with Gasteiger partial charge in [0.1, 0.15) is 0 Å². The van der Waals surface area contributed by atoms with Crippen molar-refractivity contribution in [3.63, 3.8) is 0 Å². The van der Waals surface area contributed by atoms with Crippen LogP contribution in [0.25, 0.3) is 0 Å². The van der Waals surface area contributed by atoms with E-state index in [0.29, 0.717) is 18.4 Å². The predicted octanol–water partition coefficient (Wildman–Crippen LogP) is 2.86. The molecule has 2 amide bonds. The molecule has 23 heavy (non-hydrogen) atoms. The fourth-order valence-corrected chi connectivity index (χ4v) is 6.57. The van der Waals surface area contributed by atoms with Crippen molar-refractivity contribution in [3.05, 3.63) is 0 Å². The molecule has 0 aromatic carbocycles. The first-order valence-corrected chi connectivity index (χ1v) is 9.66. The Kier molecular flexibility index (Phi) is 3.86. The van der Waals surface area contributed by atoms with Crippen molar-refractivity contribution in [2.24, 2.45) is 35.5 Å². The highest BCUT2D eigenvalue weighted by Crippen LogP contribution is 2.56. The topological polar surface area (TPSA) is 52.6 Å². The molecule has 4 heteroatoms. The molecule has 1 aliphatic heterocycles. The van der Waals surface area contributed by atoms with Crippen LogP contribution < -0.4 is 5.32 Å². The molecular weight excluding hydrogens is 288 g/mol. The molecule has 5 rings (SSSR count). The van der Waals surface area contributed by atoms with E-state index >= 15 is 0 Å². The summed E-state index contributed by atoms with van der Waals surface area (Å²) in [4.78, 5) is 14.5. The van der Waals surface area contributed by atoms with Crippen LogP contribution in [0.3, 0.4) is 0 Å². The molecule has 1 atom stereocenters. The van der Waals surface area contributed by atoms with Gasteiger partial charge in [-0.25, -0.2) is 4.79 Å². The second kappa shape index (κ2) is 5.65. The van der Waals surface area contributed by atoms with Gasteiger partial charge in [-0.3, -0.25) is 0 Å². The van der Waals surface area contributed by atoms with Crippen LogP contribution in [-0.4, -0.2) is 41.3 Å². The second-order valence-electron chi connectivity index (χ2n) is 9.44. The van der Waals surface area contributed by atoms with E-state index in [9.17, 15) is 9.90 Å². The molecule has 4 saturated carbocycles.